The Kier molecular flexibility index (Phi) is 6.64. The van der Waals surface area contributed by atoms with Crippen LogP contribution in [-0.4, -0.2) is 20.4 Å². The summed E-state index contributed by atoms with van der Waals surface area (Å²) < 4.78 is 33.2. The van der Waals surface area contributed by atoms with Crippen LogP contribution >= 0.6 is 11.6 Å². The number of nitrogens with one attached hydrogen (secondary N) is 2. The summed E-state index contributed by atoms with van der Waals surface area (Å²) in [6, 6.07) is 19.7. The van der Waals surface area contributed by atoms with Crippen LogP contribution in [0.15, 0.2) is 77.7 Å². The average molecular weight is 445 g/mol. The standard InChI is InChI=1S/C22H21ClN2O4S/c1-15-5-3-8-20(13-15)29-16(2)22(26)24-18-9-11-21(12-10-18)30(27,28)25-19-7-4-6-17(23)14-19/h3-14,16,25H,1-2H3,(H,24,26)/t16-/m1/s1. The minimum Gasteiger partial charge on any atom is -0.481 e. The number of benzene rings is 3. The number of amides is 1. The topological polar surface area (TPSA) is 84.5 Å². The number of ether oxygens (including phenoxy) is 1. The molecule has 0 fully saturated rings. The lowest BCUT2D eigenvalue weighted by atomic mass is 10.2. The smallest absolute Gasteiger partial charge is 0.265 e. The summed E-state index contributed by atoms with van der Waals surface area (Å²) in [5.74, 6) is 0.260. The van der Waals surface area contributed by atoms with Gasteiger partial charge >= 0.3 is 0 Å². The molecule has 0 unspecified atom stereocenters. The Morgan fingerprint density at radius 3 is 2.33 bits per heavy atom. The van der Waals surface area contributed by atoms with Crippen molar-refractivity contribution < 1.29 is 17.9 Å². The van der Waals surface area contributed by atoms with Crippen LogP contribution in [0.3, 0.4) is 0 Å². The molecule has 3 aromatic rings. The number of anilines is 2. The van der Waals surface area contributed by atoms with Crippen LogP contribution in [-0.2, 0) is 14.8 Å². The summed E-state index contributed by atoms with van der Waals surface area (Å²) in [4.78, 5) is 12.4. The highest BCUT2D eigenvalue weighted by Gasteiger charge is 2.17. The number of carbonyl (C=O) groups excluding carboxylic acids is 1. The summed E-state index contributed by atoms with van der Waals surface area (Å²) in [5.41, 5.74) is 1.85. The van der Waals surface area contributed by atoms with Gasteiger partial charge in [-0.2, -0.15) is 0 Å². The first-order valence-electron chi connectivity index (χ1n) is 9.15. The molecule has 1 atom stereocenters. The summed E-state index contributed by atoms with van der Waals surface area (Å²) >= 11 is 5.89. The number of rotatable bonds is 7. The largest absolute Gasteiger partial charge is 0.481 e. The first kappa shape index (κ1) is 21.7. The van der Waals surface area contributed by atoms with Crippen LogP contribution in [0.2, 0.25) is 5.02 Å². The molecule has 0 bridgehead atoms. The van der Waals surface area contributed by atoms with Crippen LogP contribution in [0.25, 0.3) is 0 Å². The van der Waals surface area contributed by atoms with Crippen molar-refractivity contribution in [2.24, 2.45) is 0 Å². The molecular weight excluding hydrogens is 424 g/mol. The van der Waals surface area contributed by atoms with E-state index in [1.54, 1.807) is 31.2 Å². The van der Waals surface area contributed by atoms with E-state index in [2.05, 4.69) is 10.0 Å². The summed E-state index contributed by atoms with van der Waals surface area (Å²) in [6.07, 6.45) is -0.722. The van der Waals surface area contributed by atoms with Crippen molar-refractivity contribution >= 4 is 38.9 Å². The van der Waals surface area contributed by atoms with Gasteiger partial charge in [0.2, 0.25) is 0 Å². The molecule has 2 N–H and O–H groups in total. The minimum absolute atomic E-state index is 0.0598. The first-order valence-corrected chi connectivity index (χ1v) is 11.0. The lowest BCUT2D eigenvalue weighted by molar-refractivity contribution is -0.122. The Morgan fingerprint density at radius 1 is 0.967 bits per heavy atom. The Labute approximate surface area is 180 Å². The normalized spacial score (nSPS) is 12.1. The highest BCUT2D eigenvalue weighted by atomic mass is 35.5. The molecule has 3 rings (SSSR count). The van der Waals surface area contributed by atoms with Crippen LogP contribution in [0.4, 0.5) is 11.4 Å². The molecule has 0 aliphatic rings. The van der Waals surface area contributed by atoms with Crippen molar-refractivity contribution in [2.75, 3.05) is 10.0 Å². The number of halogens is 1. The van der Waals surface area contributed by atoms with Gasteiger partial charge in [0, 0.05) is 10.7 Å². The van der Waals surface area contributed by atoms with Crippen molar-refractivity contribution in [1.82, 2.24) is 0 Å². The van der Waals surface area contributed by atoms with Crippen molar-refractivity contribution in [3.05, 3.63) is 83.4 Å². The maximum atomic E-state index is 12.5. The van der Waals surface area contributed by atoms with E-state index in [-0.39, 0.29) is 10.8 Å². The zero-order chi connectivity index (χ0) is 21.7. The summed E-state index contributed by atoms with van der Waals surface area (Å²) in [6.45, 7) is 3.58. The molecule has 156 valence electrons. The summed E-state index contributed by atoms with van der Waals surface area (Å²) in [7, 11) is -3.78. The maximum Gasteiger partial charge on any atom is 0.265 e. The van der Waals surface area contributed by atoms with Crippen LogP contribution in [0, 0.1) is 6.92 Å². The number of aryl methyl sites for hydroxylation is 1. The van der Waals surface area contributed by atoms with E-state index in [9.17, 15) is 13.2 Å². The predicted octanol–water partition coefficient (Wildman–Crippen LogP) is 4.86. The molecule has 0 heterocycles. The highest BCUT2D eigenvalue weighted by Crippen LogP contribution is 2.21. The monoisotopic (exact) mass is 444 g/mol. The van der Waals surface area contributed by atoms with E-state index >= 15 is 0 Å². The van der Waals surface area contributed by atoms with Gasteiger partial charge in [0.25, 0.3) is 15.9 Å². The Bertz CT molecular complexity index is 1150. The lowest BCUT2D eigenvalue weighted by Gasteiger charge is -2.15. The van der Waals surface area contributed by atoms with Gasteiger partial charge in [-0.15, -0.1) is 0 Å². The zero-order valence-corrected chi connectivity index (χ0v) is 18.0. The Morgan fingerprint density at radius 2 is 1.67 bits per heavy atom. The SMILES string of the molecule is Cc1cccc(O[C@H](C)C(=O)Nc2ccc(S(=O)(=O)Nc3cccc(Cl)c3)cc2)c1. The molecule has 1 amide bonds. The van der Waals surface area contributed by atoms with Crippen LogP contribution in [0.5, 0.6) is 5.75 Å². The van der Waals surface area contributed by atoms with Gasteiger partial charge in [-0.3, -0.25) is 9.52 Å². The van der Waals surface area contributed by atoms with E-state index < -0.39 is 16.1 Å². The Hall–Kier alpha value is -3.03. The lowest BCUT2D eigenvalue weighted by Crippen LogP contribution is -2.30. The van der Waals surface area contributed by atoms with E-state index in [1.807, 2.05) is 25.1 Å². The van der Waals surface area contributed by atoms with E-state index in [1.165, 1.54) is 30.3 Å². The van der Waals surface area contributed by atoms with Crippen LogP contribution in [0.1, 0.15) is 12.5 Å². The molecule has 30 heavy (non-hydrogen) atoms. The number of carbonyl (C=O) groups is 1. The van der Waals surface area contributed by atoms with Crippen molar-refractivity contribution in [3.63, 3.8) is 0 Å². The molecular formula is C22H21ClN2O4S. The maximum absolute atomic E-state index is 12.5. The van der Waals surface area contributed by atoms with Gasteiger partial charge in [-0.05, 0) is 74.0 Å². The fourth-order valence-corrected chi connectivity index (χ4v) is 3.91. The fourth-order valence-electron chi connectivity index (χ4n) is 2.67. The van der Waals surface area contributed by atoms with E-state index in [0.717, 1.165) is 5.56 Å². The van der Waals surface area contributed by atoms with E-state index in [0.29, 0.717) is 22.1 Å². The van der Waals surface area contributed by atoms with Gasteiger partial charge in [-0.1, -0.05) is 29.8 Å². The van der Waals surface area contributed by atoms with Crippen LogP contribution < -0.4 is 14.8 Å². The molecule has 6 nitrogen and oxygen atoms in total. The molecule has 8 heteroatoms. The molecule has 3 aromatic carbocycles. The van der Waals surface area contributed by atoms with Gasteiger partial charge in [0.05, 0.1) is 10.6 Å². The first-order chi connectivity index (χ1) is 14.2. The zero-order valence-electron chi connectivity index (χ0n) is 16.4. The van der Waals surface area contributed by atoms with Crippen molar-refractivity contribution in [3.8, 4) is 5.75 Å². The third kappa shape index (κ3) is 5.75. The number of sulfonamides is 1. The molecule has 0 aromatic heterocycles. The average Bonchev–Trinajstić information content (AvgIpc) is 2.68. The number of hydrogen-bond donors (Lipinski definition) is 2. The Balaban J connectivity index is 1.64. The number of hydrogen-bond acceptors (Lipinski definition) is 4. The van der Waals surface area contributed by atoms with Crippen molar-refractivity contribution in [2.45, 2.75) is 24.8 Å². The second-order valence-electron chi connectivity index (χ2n) is 6.71. The fraction of sp³-hybridized carbons (Fsp3) is 0.136. The third-order valence-corrected chi connectivity index (χ3v) is 5.81. The quantitative estimate of drug-likeness (QED) is 0.545. The van der Waals surface area contributed by atoms with Gasteiger partial charge < -0.3 is 10.1 Å². The van der Waals surface area contributed by atoms with Gasteiger partial charge in [0.15, 0.2) is 6.10 Å². The second-order valence-corrected chi connectivity index (χ2v) is 8.82. The highest BCUT2D eigenvalue weighted by molar-refractivity contribution is 7.92. The molecule has 0 saturated carbocycles. The van der Waals surface area contributed by atoms with Gasteiger partial charge in [-0.25, -0.2) is 8.42 Å². The summed E-state index contributed by atoms with van der Waals surface area (Å²) in [5, 5.41) is 3.14. The minimum atomic E-state index is -3.78. The molecule has 0 radical (unpaired) electrons. The molecule has 0 spiro atoms. The van der Waals surface area contributed by atoms with E-state index in [4.69, 9.17) is 16.3 Å². The predicted molar refractivity (Wildman–Crippen MR) is 119 cm³/mol. The van der Waals surface area contributed by atoms with Crippen molar-refractivity contribution in [1.29, 1.82) is 0 Å². The van der Waals surface area contributed by atoms with Gasteiger partial charge in [0.1, 0.15) is 5.75 Å². The molecule has 0 saturated heterocycles. The third-order valence-electron chi connectivity index (χ3n) is 4.18. The molecule has 0 aliphatic heterocycles. The molecule has 0 aliphatic carbocycles. The second kappa shape index (κ2) is 9.19.